The van der Waals surface area contributed by atoms with Gasteiger partial charge in [0.15, 0.2) is 0 Å². The lowest BCUT2D eigenvalue weighted by Gasteiger charge is -2.09. The quantitative estimate of drug-likeness (QED) is 0.823. The molecular formula is C13H14BrN3O2S. The van der Waals surface area contributed by atoms with Gasteiger partial charge >= 0.3 is 0 Å². The van der Waals surface area contributed by atoms with Crippen LogP contribution in [0.25, 0.3) is 0 Å². The number of sulfonamides is 1. The van der Waals surface area contributed by atoms with Crippen molar-refractivity contribution in [1.29, 1.82) is 0 Å². The number of aromatic nitrogens is 1. The third kappa shape index (κ3) is 3.56. The van der Waals surface area contributed by atoms with Crippen LogP contribution in [0.2, 0.25) is 0 Å². The molecule has 0 aliphatic rings. The predicted molar refractivity (Wildman–Crippen MR) is 81.6 cm³/mol. The number of anilines is 1. The van der Waals surface area contributed by atoms with Crippen molar-refractivity contribution in [3.8, 4) is 0 Å². The third-order valence-corrected chi connectivity index (χ3v) is 5.08. The van der Waals surface area contributed by atoms with E-state index in [0.29, 0.717) is 10.2 Å². The summed E-state index contributed by atoms with van der Waals surface area (Å²) in [6.07, 6.45) is 1.65. The molecule has 1 aromatic heterocycles. The summed E-state index contributed by atoms with van der Waals surface area (Å²) in [5, 5.41) is 0. The molecule has 20 heavy (non-hydrogen) atoms. The number of benzene rings is 1. The van der Waals surface area contributed by atoms with E-state index in [4.69, 9.17) is 5.73 Å². The topological polar surface area (TPSA) is 85.1 Å². The Morgan fingerprint density at radius 3 is 2.70 bits per heavy atom. The molecule has 0 radical (unpaired) electrons. The van der Waals surface area contributed by atoms with Crippen molar-refractivity contribution in [3.63, 3.8) is 0 Å². The van der Waals surface area contributed by atoms with Gasteiger partial charge in [0.2, 0.25) is 10.0 Å². The van der Waals surface area contributed by atoms with Gasteiger partial charge in [-0.1, -0.05) is 6.07 Å². The summed E-state index contributed by atoms with van der Waals surface area (Å²) >= 11 is 3.21. The average Bonchev–Trinajstić information content (AvgIpc) is 2.41. The first-order valence-electron chi connectivity index (χ1n) is 5.85. The smallest absolute Gasteiger partial charge is 0.242 e. The van der Waals surface area contributed by atoms with Crippen LogP contribution in [0.5, 0.6) is 0 Å². The van der Waals surface area contributed by atoms with Gasteiger partial charge in [0.1, 0.15) is 0 Å². The van der Waals surface area contributed by atoms with Crippen LogP contribution in [0.15, 0.2) is 45.9 Å². The number of hydrogen-bond acceptors (Lipinski definition) is 4. The number of hydrogen-bond donors (Lipinski definition) is 2. The maximum atomic E-state index is 12.2. The number of nitrogen functional groups attached to an aromatic ring is 1. The molecule has 0 bridgehead atoms. The molecule has 0 saturated carbocycles. The van der Waals surface area contributed by atoms with Crippen LogP contribution in [0.3, 0.4) is 0 Å². The van der Waals surface area contributed by atoms with E-state index < -0.39 is 10.0 Å². The summed E-state index contributed by atoms with van der Waals surface area (Å²) in [4.78, 5) is 4.24. The number of nitrogens with one attached hydrogen (secondary N) is 1. The van der Waals surface area contributed by atoms with Gasteiger partial charge in [-0.2, -0.15) is 0 Å². The molecule has 2 rings (SSSR count). The molecule has 1 heterocycles. The Labute approximate surface area is 126 Å². The predicted octanol–water partition coefficient (Wildman–Crippen LogP) is 2.21. The highest BCUT2D eigenvalue weighted by molar-refractivity contribution is 9.10. The largest absolute Gasteiger partial charge is 0.399 e. The molecule has 0 atom stereocenters. The fraction of sp³-hybridized carbons (Fsp3) is 0.154. The van der Waals surface area contributed by atoms with Crippen LogP contribution in [0.1, 0.15) is 11.3 Å². The van der Waals surface area contributed by atoms with Crippen molar-refractivity contribution >= 4 is 31.6 Å². The summed E-state index contributed by atoms with van der Waals surface area (Å²) < 4.78 is 27.5. The minimum absolute atomic E-state index is 0.123. The Kier molecular flexibility index (Phi) is 4.42. The highest BCUT2D eigenvalue weighted by atomic mass is 79.9. The fourth-order valence-corrected chi connectivity index (χ4v) is 3.60. The summed E-state index contributed by atoms with van der Waals surface area (Å²) in [6.45, 7) is 2.05. The van der Waals surface area contributed by atoms with Gasteiger partial charge in [-0.3, -0.25) is 4.98 Å². The molecule has 0 aliphatic carbocycles. The van der Waals surface area contributed by atoms with Crippen molar-refractivity contribution in [2.45, 2.75) is 18.4 Å². The molecule has 1 aromatic carbocycles. The summed E-state index contributed by atoms with van der Waals surface area (Å²) in [5.74, 6) is 0. The minimum atomic E-state index is -3.63. The lowest BCUT2D eigenvalue weighted by molar-refractivity contribution is 0.581. The molecular weight excluding hydrogens is 342 g/mol. The zero-order valence-electron chi connectivity index (χ0n) is 10.8. The number of nitrogens with two attached hydrogens (primary N) is 1. The number of pyridine rings is 1. The number of nitrogens with zero attached hydrogens (tertiary/aromatic N) is 1. The maximum absolute atomic E-state index is 12.2. The van der Waals surface area contributed by atoms with E-state index in [2.05, 4.69) is 25.6 Å². The van der Waals surface area contributed by atoms with Crippen LogP contribution in [0.4, 0.5) is 5.69 Å². The van der Waals surface area contributed by atoms with E-state index >= 15 is 0 Å². The lowest BCUT2D eigenvalue weighted by atomic mass is 10.2. The van der Waals surface area contributed by atoms with Crippen LogP contribution < -0.4 is 10.5 Å². The molecule has 3 N–H and O–H groups in total. The summed E-state index contributed by atoms with van der Waals surface area (Å²) in [5.41, 5.74) is 7.69. The molecule has 106 valence electrons. The van der Waals surface area contributed by atoms with E-state index in [1.54, 1.807) is 18.3 Å². The normalized spacial score (nSPS) is 11.5. The number of rotatable bonds is 4. The SMILES string of the molecule is Cc1ccc(CNS(=O)(=O)c2cc(N)ccc2Br)cn1. The van der Waals surface area contributed by atoms with Gasteiger partial charge in [0, 0.05) is 28.6 Å². The first-order valence-corrected chi connectivity index (χ1v) is 8.12. The van der Waals surface area contributed by atoms with Crippen molar-refractivity contribution < 1.29 is 8.42 Å². The highest BCUT2D eigenvalue weighted by Gasteiger charge is 2.17. The zero-order chi connectivity index (χ0) is 14.8. The van der Waals surface area contributed by atoms with Gasteiger partial charge < -0.3 is 5.73 Å². The first-order chi connectivity index (χ1) is 9.38. The second-order valence-electron chi connectivity index (χ2n) is 4.32. The molecule has 0 unspecified atom stereocenters. The van der Waals surface area contributed by atoms with Gasteiger partial charge in [-0.05, 0) is 52.7 Å². The average molecular weight is 356 g/mol. The van der Waals surface area contributed by atoms with Gasteiger partial charge in [0.25, 0.3) is 0 Å². The van der Waals surface area contributed by atoms with E-state index in [1.807, 2.05) is 19.1 Å². The lowest BCUT2D eigenvalue weighted by Crippen LogP contribution is -2.23. The van der Waals surface area contributed by atoms with E-state index in [1.165, 1.54) is 6.07 Å². The van der Waals surface area contributed by atoms with Gasteiger partial charge in [-0.25, -0.2) is 13.1 Å². The highest BCUT2D eigenvalue weighted by Crippen LogP contribution is 2.24. The van der Waals surface area contributed by atoms with Crippen molar-refractivity contribution in [1.82, 2.24) is 9.71 Å². The fourth-order valence-electron chi connectivity index (χ4n) is 1.58. The molecule has 5 nitrogen and oxygen atoms in total. The standard InChI is InChI=1S/C13H14BrN3O2S/c1-9-2-3-10(7-16-9)8-17-20(18,19)13-6-11(15)4-5-12(13)14/h2-7,17H,8,15H2,1H3. The molecule has 0 spiro atoms. The molecule has 2 aromatic rings. The van der Waals surface area contributed by atoms with Crippen LogP contribution in [-0.2, 0) is 16.6 Å². The Bertz CT molecular complexity index is 715. The Morgan fingerprint density at radius 2 is 2.05 bits per heavy atom. The molecule has 0 saturated heterocycles. The monoisotopic (exact) mass is 355 g/mol. The second kappa shape index (κ2) is 5.90. The molecule has 0 fully saturated rings. The van der Waals surface area contributed by atoms with E-state index in [-0.39, 0.29) is 11.4 Å². The summed E-state index contributed by atoms with van der Waals surface area (Å²) in [7, 11) is -3.63. The molecule has 0 aliphatic heterocycles. The molecule has 7 heteroatoms. The van der Waals surface area contributed by atoms with E-state index in [0.717, 1.165) is 11.3 Å². The van der Waals surface area contributed by atoms with E-state index in [9.17, 15) is 8.42 Å². The Hall–Kier alpha value is -1.44. The van der Waals surface area contributed by atoms with Crippen molar-refractivity contribution in [2.24, 2.45) is 0 Å². The Morgan fingerprint density at radius 1 is 1.30 bits per heavy atom. The van der Waals surface area contributed by atoms with Crippen LogP contribution in [-0.4, -0.2) is 13.4 Å². The van der Waals surface area contributed by atoms with Crippen molar-refractivity contribution in [2.75, 3.05) is 5.73 Å². The zero-order valence-corrected chi connectivity index (χ0v) is 13.2. The number of aryl methyl sites for hydroxylation is 1. The minimum Gasteiger partial charge on any atom is -0.399 e. The maximum Gasteiger partial charge on any atom is 0.242 e. The Balaban J connectivity index is 2.19. The molecule has 0 amide bonds. The van der Waals surface area contributed by atoms with Gasteiger partial charge in [0.05, 0.1) is 4.90 Å². The van der Waals surface area contributed by atoms with Crippen molar-refractivity contribution in [3.05, 3.63) is 52.3 Å². The number of halogens is 1. The summed E-state index contributed by atoms with van der Waals surface area (Å²) in [6, 6.07) is 8.32. The van der Waals surface area contributed by atoms with Crippen LogP contribution in [0, 0.1) is 6.92 Å². The third-order valence-electron chi connectivity index (χ3n) is 2.68. The van der Waals surface area contributed by atoms with Crippen LogP contribution >= 0.6 is 15.9 Å². The second-order valence-corrected chi connectivity index (χ2v) is 6.91. The van der Waals surface area contributed by atoms with Gasteiger partial charge in [-0.15, -0.1) is 0 Å². The first kappa shape index (κ1) is 15.0.